The second-order valence-corrected chi connectivity index (χ2v) is 6.31. The average Bonchev–Trinajstić information content (AvgIpc) is 3.44. The highest BCUT2D eigenvalue weighted by molar-refractivity contribution is 5.91. The summed E-state index contributed by atoms with van der Waals surface area (Å²) < 4.78 is 11.1. The molecule has 0 radical (unpaired) electrons. The Morgan fingerprint density at radius 2 is 1.92 bits per heavy atom. The SMILES string of the molecule is O=C(NC(Cc1ccccc1)c1nnc(N2CCCC2)o1)c1ccco1. The molecular weight excluding hydrogens is 332 g/mol. The van der Waals surface area contributed by atoms with Gasteiger partial charge in [0.25, 0.3) is 5.91 Å². The van der Waals surface area contributed by atoms with Crippen LogP contribution in [0.2, 0.25) is 0 Å². The molecule has 2 aromatic heterocycles. The lowest BCUT2D eigenvalue weighted by atomic mass is 10.1. The lowest BCUT2D eigenvalue weighted by molar-refractivity contribution is 0.0902. The van der Waals surface area contributed by atoms with Crippen LogP contribution in [-0.4, -0.2) is 29.2 Å². The van der Waals surface area contributed by atoms with Crippen molar-refractivity contribution in [2.45, 2.75) is 25.3 Å². The largest absolute Gasteiger partial charge is 0.459 e. The van der Waals surface area contributed by atoms with Crippen molar-refractivity contribution >= 4 is 11.9 Å². The predicted octanol–water partition coefficient (Wildman–Crippen LogP) is 2.98. The first-order chi connectivity index (χ1) is 12.8. The van der Waals surface area contributed by atoms with Gasteiger partial charge in [0.15, 0.2) is 5.76 Å². The van der Waals surface area contributed by atoms with Crippen molar-refractivity contribution in [1.29, 1.82) is 0 Å². The zero-order valence-corrected chi connectivity index (χ0v) is 14.3. The summed E-state index contributed by atoms with van der Waals surface area (Å²) in [5.41, 5.74) is 1.07. The van der Waals surface area contributed by atoms with Gasteiger partial charge >= 0.3 is 6.01 Å². The molecule has 1 atom stereocenters. The lowest BCUT2D eigenvalue weighted by Gasteiger charge is -2.15. The van der Waals surface area contributed by atoms with Crippen molar-refractivity contribution in [2.75, 3.05) is 18.0 Å². The van der Waals surface area contributed by atoms with Gasteiger partial charge in [-0.2, -0.15) is 0 Å². The second-order valence-electron chi connectivity index (χ2n) is 6.31. The van der Waals surface area contributed by atoms with Gasteiger partial charge in [-0.15, -0.1) is 5.10 Å². The van der Waals surface area contributed by atoms with Gasteiger partial charge in [0.1, 0.15) is 6.04 Å². The monoisotopic (exact) mass is 352 g/mol. The van der Waals surface area contributed by atoms with Gasteiger partial charge in [-0.05, 0) is 30.5 Å². The van der Waals surface area contributed by atoms with E-state index >= 15 is 0 Å². The van der Waals surface area contributed by atoms with Gasteiger partial charge in [0, 0.05) is 19.5 Å². The van der Waals surface area contributed by atoms with Crippen molar-refractivity contribution in [3.63, 3.8) is 0 Å². The topological polar surface area (TPSA) is 84.4 Å². The number of carbonyl (C=O) groups excluding carboxylic acids is 1. The van der Waals surface area contributed by atoms with Gasteiger partial charge in [-0.25, -0.2) is 0 Å². The summed E-state index contributed by atoms with van der Waals surface area (Å²) >= 11 is 0. The van der Waals surface area contributed by atoms with Crippen molar-refractivity contribution in [3.05, 3.63) is 65.9 Å². The quantitative estimate of drug-likeness (QED) is 0.734. The van der Waals surface area contributed by atoms with Crippen LogP contribution in [0, 0.1) is 0 Å². The van der Waals surface area contributed by atoms with Crippen LogP contribution in [0.1, 0.15) is 40.9 Å². The van der Waals surface area contributed by atoms with E-state index in [1.165, 1.54) is 6.26 Å². The Morgan fingerprint density at radius 3 is 2.65 bits per heavy atom. The van der Waals surface area contributed by atoms with E-state index in [4.69, 9.17) is 8.83 Å². The zero-order chi connectivity index (χ0) is 17.8. The van der Waals surface area contributed by atoms with Crippen molar-refractivity contribution in [2.24, 2.45) is 0 Å². The number of anilines is 1. The molecule has 26 heavy (non-hydrogen) atoms. The average molecular weight is 352 g/mol. The third-order valence-electron chi connectivity index (χ3n) is 4.44. The van der Waals surface area contributed by atoms with Crippen LogP contribution < -0.4 is 10.2 Å². The Balaban J connectivity index is 1.56. The van der Waals surface area contributed by atoms with Crippen molar-refractivity contribution in [1.82, 2.24) is 15.5 Å². The minimum atomic E-state index is -0.432. The third kappa shape index (κ3) is 3.61. The molecule has 0 saturated carbocycles. The standard InChI is InChI=1S/C19H20N4O3/c24-17(16-9-6-12-25-16)20-15(13-14-7-2-1-3-8-14)18-21-22-19(26-18)23-10-4-5-11-23/h1-3,6-9,12,15H,4-5,10-11,13H2,(H,20,24). The number of hydrogen-bond donors (Lipinski definition) is 1. The van der Waals surface area contributed by atoms with E-state index in [0.717, 1.165) is 31.5 Å². The summed E-state index contributed by atoms with van der Waals surface area (Å²) in [5.74, 6) is 0.342. The number of carbonyl (C=O) groups is 1. The Hall–Kier alpha value is -3.09. The molecule has 3 heterocycles. The van der Waals surface area contributed by atoms with Gasteiger partial charge in [0.2, 0.25) is 5.89 Å². The molecule has 7 nitrogen and oxygen atoms in total. The maximum Gasteiger partial charge on any atom is 0.318 e. The first-order valence-electron chi connectivity index (χ1n) is 8.76. The molecule has 1 fully saturated rings. The van der Waals surface area contributed by atoms with Gasteiger partial charge in [-0.1, -0.05) is 35.4 Å². The highest BCUT2D eigenvalue weighted by Crippen LogP contribution is 2.24. The Morgan fingerprint density at radius 1 is 1.12 bits per heavy atom. The van der Waals surface area contributed by atoms with Crippen molar-refractivity contribution < 1.29 is 13.6 Å². The molecule has 0 bridgehead atoms. The normalized spacial score (nSPS) is 15.2. The van der Waals surface area contributed by atoms with E-state index in [1.807, 2.05) is 30.3 Å². The van der Waals surface area contributed by atoms with Gasteiger partial charge in [0.05, 0.1) is 6.26 Å². The van der Waals surface area contributed by atoms with Crippen LogP contribution in [0.4, 0.5) is 6.01 Å². The summed E-state index contributed by atoms with van der Waals surface area (Å²) in [5, 5.41) is 11.3. The molecule has 1 amide bonds. The number of rotatable bonds is 6. The van der Waals surface area contributed by atoms with E-state index in [2.05, 4.69) is 20.4 Å². The van der Waals surface area contributed by atoms with Crippen LogP contribution in [-0.2, 0) is 6.42 Å². The number of hydrogen-bond acceptors (Lipinski definition) is 6. The summed E-state index contributed by atoms with van der Waals surface area (Å²) in [6, 6.07) is 13.3. The molecule has 0 aliphatic carbocycles. The summed E-state index contributed by atoms with van der Waals surface area (Å²) in [4.78, 5) is 14.5. The first kappa shape index (κ1) is 16.4. The van der Waals surface area contributed by atoms with Gasteiger partial charge < -0.3 is 19.1 Å². The molecule has 1 saturated heterocycles. The number of amides is 1. The summed E-state index contributed by atoms with van der Waals surface area (Å²) in [6.07, 6.45) is 4.27. The highest BCUT2D eigenvalue weighted by atomic mass is 16.4. The van der Waals surface area contributed by atoms with Crippen LogP contribution in [0.5, 0.6) is 0 Å². The molecule has 1 aliphatic heterocycles. The summed E-state index contributed by atoms with van der Waals surface area (Å²) in [6.45, 7) is 1.84. The first-order valence-corrected chi connectivity index (χ1v) is 8.76. The molecule has 4 rings (SSSR count). The Labute approximate surface area is 151 Å². The van der Waals surface area contributed by atoms with Crippen LogP contribution in [0.3, 0.4) is 0 Å². The summed E-state index contributed by atoms with van der Waals surface area (Å²) in [7, 11) is 0. The van der Waals surface area contributed by atoms with Crippen LogP contribution in [0.25, 0.3) is 0 Å². The fourth-order valence-corrected chi connectivity index (χ4v) is 3.09. The highest BCUT2D eigenvalue weighted by Gasteiger charge is 2.25. The van der Waals surface area contributed by atoms with Crippen LogP contribution in [0.15, 0.2) is 57.6 Å². The molecule has 1 aliphatic rings. The third-order valence-corrected chi connectivity index (χ3v) is 4.44. The van der Waals surface area contributed by atoms with Crippen LogP contribution >= 0.6 is 0 Å². The second kappa shape index (κ2) is 7.43. The molecule has 1 aromatic carbocycles. The van der Waals surface area contributed by atoms with E-state index in [1.54, 1.807) is 12.1 Å². The smallest absolute Gasteiger partial charge is 0.318 e. The van der Waals surface area contributed by atoms with Gasteiger partial charge in [-0.3, -0.25) is 4.79 Å². The molecule has 134 valence electrons. The maximum atomic E-state index is 12.4. The minimum absolute atomic E-state index is 0.252. The molecule has 1 N–H and O–H groups in total. The van der Waals surface area contributed by atoms with E-state index in [0.29, 0.717) is 18.3 Å². The molecular formula is C19H20N4O3. The molecule has 3 aromatic rings. The van der Waals surface area contributed by atoms with E-state index in [9.17, 15) is 4.79 Å². The predicted molar refractivity (Wildman–Crippen MR) is 94.8 cm³/mol. The Bertz CT molecular complexity index is 839. The lowest BCUT2D eigenvalue weighted by Crippen LogP contribution is -2.30. The molecule has 7 heteroatoms. The number of aromatic nitrogens is 2. The minimum Gasteiger partial charge on any atom is -0.459 e. The fraction of sp³-hybridized carbons (Fsp3) is 0.316. The van der Waals surface area contributed by atoms with Crippen molar-refractivity contribution in [3.8, 4) is 0 Å². The number of benzene rings is 1. The van der Waals surface area contributed by atoms with E-state index < -0.39 is 6.04 Å². The number of nitrogens with one attached hydrogen (secondary N) is 1. The fourth-order valence-electron chi connectivity index (χ4n) is 3.09. The molecule has 1 unspecified atom stereocenters. The number of furan rings is 1. The maximum absolute atomic E-state index is 12.4. The number of nitrogens with zero attached hydrogens (tertiary/aromatic N) is 3. The molecule has 0 spiro atoms. The van der Waals surface area contributed by atoms with E-state index in [-0.39, 0.29) is 11.7 Å². The zero-order valence-electron chi connectivity index (χ0n) is 14.3. The Kier molecular flexibility index (Phi) is 4.68.